The van der Waals surface area contributed by atoms with Crippen molar-refractivity contribution >= 4 is 21.6 Å². The highest BCUT2D eigenvalue weighted by atomic mass is 32.2. The van der Waals surface area contributed by atoms with Crippen LogP contribution in [0.3, 0.4) is 0 Å². The summed E-state index contributed by atoms with van der Waals surface area (Å²) in [5.74, 6) is -0.221. The third-order valence-electron chi connectivity index (χ3n) is 3.50. The van der Waals surface area contributed by atoms with Gasteiger partial charge in [-0.1, -0.05) is 6.07 Å². The van der Waals surface area contributed by atoms with Gasteiger partial charge >= 0.3 is 0 Å². The van der Waals surface area contributed by atoms with Gasteiger partial charge in [-0.15, -0.1) is 0 Å². The molecule has 8 heteroatoms. The lowest BCUT2D eigenvalue weighted by molar-refractivity contribution is -0.129. The fourth-order valence-corrected chi connectivity index (χ4v) is 3.32. The third-order valence-corrected chi connectivity index (χ3v) is 4.69. The van der Waals surface area contributed by atoms with Gasteiger partial charge in [-0.05, 0) is 31.0 Å². The Labute approximate surface area is 135 Å². The molecule has 0 saturated carbocycles. The summed E-state index contributed by atoms with van der Waals surface area (Å²) in [7, 11) is -3.52. The molecule has 124 valence electrons. The molecule has 1 fully saturated rings. The van der Waals surface area contributed by atoms with Gasteiger partial charge in [0, 0.05) is 13.2 Å². The largest absolute Gasteiger partial charge is 0.368 e. The van der Waals surface area contributed by atoms with Crippen LogP contribution in [-0.2, 0) is 19.6 Å². The minimum absolute atomic E-state index is 0.0895. The lowest BCUT2D eigenvalue weighted by atomic mass is 10.2. The normalized spacial score (nSPS) is 17.5. The molecule has 1 aliphatic heterocycles. The second-order valence-corrected chi connectivity index (χ2v) is 7.20. The van der Waals surface area contributed by atoms with Gasteiger partial charge in [0.1, 0.15) is 6.10 Å². The van der Waals surface area contributed by atoms with E-state index in [0.29, 0.717) is 24.3 Å². The molecule has 0 aliphatic carbocycles. The van der Waals surface area contributed by atoms with E-state index in [-0.39, 0.29) is 19.0 Å². The van der Waals surface area contributed by atoms with Crippen molar-refractivity contribution in [3.63, 3.8) is 0 Å². The van der Waals surface area contributed by atoms with E-state index >= 15 is 0 Å². The number of benzene rings is 1. The maximum atomic E-state index is 12.0. The monoisotopic (exact) mass is 337 g/mol. The van der Waals surface area contributed by atoms with Crippen molar-refractivity contribution < 1.29 is 17.9 Å². The van der Waals surface area contributed by atoms with Crippen LogP contribution in [0.1, 0.15) is 18.4 Å². The summed E-state index contributed by atoms with van der Waals surface area (Å²) in [6.07, 6.45) is 2.19. The van der Waals surface area contributed by atoms with Crippen molar-refractivity contribution in [1.82, 2.24) is 5.32 Å². The van der Waals surface area contributed by atoms with Gasteiger partial charge in [-0.3, -0.25) is 9.10 Å². The molecule has 1 aromatic rings. The van der Waals surface area contributed by atoms with Crippen molar-refractivity contribution in [2.75, 3.05) is 30.3 Å². The molecule has 23 heavy (non-hydrogen) atoms. The molecular formula is C15H19N3O4S. The molecule has 0 radical (unpaired) electrons. The van der Waals surface area contributed by atoms with Crippen LogP contribution in [-0.4, -0.2) is 46.4 Å². The summed E-state index contributed by atoms with van der Waals surface area (Å²) >= 11 is 0. The molecule has 1 amide bonds. The zero-order chi connectivity index (χ0) is 16.9. The predicted octanol–water partition coefficient (Wildman–Crippen LogP) is 0.619. The fourth-order valence-electron chi connectivity index (χ4n) is 2.40. The highest BCUT2D eigenvalue weighted by Gasteiger charge is 2.24. The average Bonchev–Trinajstić information content (AvgIpc) is 3.04. The van der Waals surface area contributed by atoms with Crippen LogP contribution in [0.5, 0.6) is 0 Å². The van der Waals surface area contributed by atoms with Crippen molar-refractivity contribution in [3.8, 4) is 6.07 Å². The standard InChI is InChI=1S/C15H19N3O4S/c1-23(20,21)18(13-5-2-4-12(10-13)11-16)8-7-17-15(19)14-6-3-9-22-14/h2,4-5,10,14H,3,6-9H2,1H3,(H,17,19). The van der Waals surface area contributed by atoms with Crippen molar-refractivity contribution in [2.45, 2.75) is 18.9 Å². The van der Waals surface area contributed by atoms with E-state index in [1.807, 2.05) is 6.07 Å². The topological polar surface area (TPSA) is 99.5 Å². The van der Waals surface area contributed by atoms with Crippen molar-refractivity contribution in [1.29, 1.82) is 5.26 Å². The zero-order valence-electron chi connectivity index (χ0n) is 12.9. The predicted molar refractivity (Wildman–Crippen MR) is 85.3 cm³/mol. The maximum absolute atomic E-state index is 12.0. The van der Waals surface area contributed by atoms with Crippen LogP contribution >= 0.6 is 0 Å². The second-order valence-electron chi connectivity index (χ2n) is 5.29. The lowest BCUT2D eigenvalue weighted by Gasteiger charge is -2.23. The SMILES string of the molecule is CS(=O)(=O)N(CCNC(=O)C1CCCO1)c1cccc(C#N)c1. The third kappa shape index (κ3) is 4.68. The Morgan fingerprint density at radius 1 is 1.52 bits per heavy atom. The van der Waals surface area contributed by atoms with Crippen molar-refractivity contribution in [2.24, 2.45) is 0 Å². The smallest absolute Gasteiger partial charge is 0.249 e. The molecule has 1 atom stereocenters. The fraction of sp³-hybridized carbons (Fsp3) is 0.467. The van der Waals surface area contributed by atoms with Crippen LogP contribution in [0.15, 0.2) is 24.3 Å². The number of ether oxygens (including phenoxy) is 1. The lowest BCUT2D eigenvalue weighted by Crippen LogP contribution is -2.41. The zero-order valence-corrected chi connectivity index (χ0v) is 13.7. The first-order valence-electron chi connectivity index (χ1n) is 7.29. The summed E-state index contributed by atoms with van der Waals surface area (Å²) in [5.41, 5.74) is 0.775. The quantitative estimate of drug-likeness (QED) is 0.820. The minimum atomic E-state index is -3.52. The summed E-state index contributed by atoms with van der Waals surface area (Å²) in [6, 6.07) is 8.32. The van der Waals surface area contributed by atoms with Crippen molar-refractivity contribution in [3.05, 3.63) is 29.8 Å². The first-order chi connectivity index (χ1) is 10.9. The van der Waals surface area contributed by atoms with Gasteiger partial charge < -0.3 is 10.1 Å². The first kappa shape index (κ1) is 17.2. The van der Waals surface area contributed by atoms with E-state index in [1.54, 1.807) is 18.2 Å². The van der Waals surface area contributed by atoms with Crippen LogP contribution in [0.25, 0.3) is 0 Å². The first-order valence-corrected chi connectivity index (χ1v) is 9.14. The molecule has 2 rings (SSSR count). The number of hydrogen-bond donors (Lipinski definition) is 1. The average molecular weight is 337 g/mol. The van der Waals surface area contributed by atoms with Gasteiger partial charge in [0.25, 0.3) is 0 Å². The van der Waals surface area contributed by atoms with E-state index in [0.717, 1.165) is 12.7 Å². The Morgan fingerprint density at radius 3 is 2.91 bits per heavy atom. The number of sulfonamides is 1. The number of rotatable bonds is 6. The maximum Gasteiger partial charge on any atom is 0.249 e. The molecule has 1 saturated heterocycles. The highest BCUT2D eigenvalue weighted by Crippen LogP contribution is 2.18. The summed E-state index contributed by atoms with van der Waals surface area (Å²) in [6.45, 7) is 0.837. The van der Waals surface area contributed by atoms with E-state index in [1.165, 1.54) is 10.4 Å². The number of carbonyl (C=O) groups excluding carboxylic acids is 1. The van der Waals surface area contributed by atoms with Gasteiger partial charge in [-0.2, -0.15) is 5.26 Å². The van der Waals surface area contributed by atoms with E-state index in [2.05, 4.69) is 5.32 Å². The number of carbonyl (C=O) groups is 1. The Hall–Kier alpha value is -2.11. The molecule has 1 N–H and O–H groups in total. The summed E-state index contributed by atoms with van der Waals surface area (Å²) < 4.78 is 30.4. The molecular weight excluding hydrogens is 318 g/mol. The van der Waals surface area contributed by atoms with Gasteiger partial charge in [0.05, 0.1) is 30.1 Å². The van der Waals surface area contributed by atoms with Crippen LogP contribution in [0, 0.1) is 11.3 Å². The van der Waals surface area contributed by atoms with Gasteiger partial charge in [-0.25, -0.2) is 8.42 Å². The highest BCUT2D eigenvalue weighted by molar-refractivity contribution is 7.92. The van der Waals surface area contributed by atoms with Gasteiger partial charge in [0.15, 0.2) is 0 Å². The minimum Gasteiger partial charge on any atom is -0.368 e. The Morgan fingerprint density at radius 2 is 2.30 bits per heavy atom. The number of nitrogens with zero attached hydrogens (tertiary/aromatic N) is 2. The van der Waals surface area contributed by atoms with Crippen LogP contribution in [0.2, 0.25) is 0 Å². The molecule has 1 unspecified atom stereocenters. The Bertz CT molecular complexity index is 706. The Kier molecular flexibility index (Phi) is 5.58. The molecule has 1 heterocycles. The van der Waals surface area contributed by atoms with E-state index in [9.17, 15) is 13.2 Å². The number of anilines is 1. The second kappa shape index (κ2) is 7.44. The molecule has 0 aromatic heterocycles. The van der Waals surface area contributed by atoms with Gasteiger partial charge in [0.2, 0.25) is 15.9 Å². The number of hydrogen-bond acceptors (Lipinski definition) is 5. The molecule has 0 bridgehead atoms. The van der Waals surface area contributed by atoms with E-state index < -0.39 is 16.1 Å². The van der Waals surface area contributed by atoms with Crippen LogP contribution in [0.4, 0.5) is 5.69 Å². The molecule has 0 spiro atoms. The summed E-state index contributed by atoms with van der Waals surface area (Å²) in [5, 5.41) is 11.6. The Balaban J connectivity index is 2.02. The molecule has 1 aromatic carbocycles. The molecule has 7 nitrogen and oxygen atoms in total. The number of nitriles is 1. The number of amides is 1. The van der Waals surface area contributed by atoms with Crippen LogP contribution < -0.4 is 9.62 Å². The van der Waals surface area contributed by atoms with E-state index in [4.69, 9.17) is 10.00 Å². The molecule has 1 aliphatic rings. The summed E-state index contributed by atoms with van der Waals surface area (Å²) in [4.78, 5) is 11.9. The number of nitrogens with one attached hydrogen (secondary N) is 1.